The van der Waals surface area contributed by atoms with E-state index in [4.69, 9.17) is 4.74 Å². The zero-order chi connectivity index (χ0) is 11.9. The molecule has 1 aliphatic carbocycles. The monoisotopic (exact) mass is 210 g/mol. The van der Waals surface area contributed by atoms with Gasteiger partial charge in [0.15, 0.2) is 0 Å². The quantitative estimate of drug-likeness (QED) is 0.526. The third-order valence-electron chi connectivity index (χ3n) is 3.70. The van der Waals surface area contributed by atoms with Crippen LogP contribution in [0.5, 0.6) is 0 Å². The second-order valence-corrected chi connectivity index (χ2v) is 5.55. The molecule has 1 fully saturated rings. The first-order valence-electron chi connectivity index (χ1n) is 5.59. The summed E-state index contributed by atoms with van der Waals surface area (Å²) in [6, 6.07) is 0. The zero-order valence-electron chi connectivity index (χ0n) is 10.5. The maximum atomic E-state index is 11.7. The van der Waals surface area contributed by atoms with Crippen LogP contribution >= 0.6 is 0 Å². The summed E-state index contributed by atoms with van der Waals surface area (Å²) in [7, 11) is 0. The second-order valence-electron chi connectivity index (χ2n) is 5.55. The average molecular weight is 210 g/mol. The molecule has 86 valence electrons. The van der Waals surface area contributed by atoms with Crippen molar-refractivity contribution in [3.8, 4) is 0 Å². The summed E-state index contributed by atoms with van der Waals surface area (Å²) in [6.45, 7) is 14.7. The van der Waals surface area contributed by atoms with Gasteiger partial charge >= 0.3 is 5.97 Å². The fourth-order valence-corrected chi connectivity index (χ4v) is 2.83. The Bertz CT molecular complexity index is 276. The van der Waals surface area contributed by atoms with E-state index in [0.29, 0.717) is 12.5 Å². The van der Waals surface area contributed by atoms with Crippen molar-refractivity contribution < 1.29 is 9.53 Å². The Morgan fingerprint density at radius 3 is 2.47 bits per heavy atom. The molecule has 0 amide bonds. The molecule has 0 N–H and O–H groups in total. The Morgan fingerprint density at radius 1 is 1.53 bits per heavy atom. The van der Waals surface area contributed by atoms with E-state index in [0.717, 1.165) is 0 Å². The average Bonchev–Trinajstić information content (AvgIpc) is 2.70. The fourth-order valence-electron chi connectivity index (χ4n) is 2.83. The Morgan fingerprint density at radius 2 is 2.07 bits per heavy atom. The van der Waals surface area contributed by atoms with E-state index >= 15 is 0 Å². The van der Waals surface area contributed by atoms with Gasteiger partial charge in [-0.05, 0) is 23.7 Å². The lowest BCUT2D eigenvalue weighted by molar-refractivity contribution is -0.146. The highest BCUT2D eigenvalue weighted by Crippen LogP contribution is 2.66. The van der Waals surface area contributed by atoms with Crippen LogP contribution in [0.1, 0.15) is 34.6 Å². The standard InChI is InChI=1S/C13H22O2/c1-7-12(3,4)10-9(13(10,5)6)11(14)15-8-2/h7,9-10H,1,8H2,2-6H3. The predicted molar refractivity (Wildman–Crippen MR) is 61.4 cm³/mol. The Hall–Kier alpha value is -0.790. The minimum Gasteiger partial charge on any atom is -0.466 e. The molecule has 2 unspecified atom stereocenters. The van der Waals surface area contributed by atoms with Crippen LogP contribution in [0.25, 0.3) is 0 Å². The SMILES string of the molecule is C=CC(C)(C)C1C(C(=O)OCC)C1(C)C. The van der Waals surface area contributed by atoms with E-state index < -0.39 is 0 Å². The molecule has 0 aromatic heterocycles. The van der Waals surface area contributed by atoms with E-state index in [1.54, 1.807) is 0 Å². The fraction of sp³-hybridized carbons (Fsp3) is 0.769. The van der Waals surface area contributed by atoms with E-state index in [1.807, 2.05) is 13.0 Å². The molecular formula is C13H22O2. The minimum absolute atomic E-state index is 0.000921. The summed E-state index contributed by atoms with van der Waals surface area (Å²) in [4.78, 5) is 11.7. The molecule has 0 aromatic rings. The molecule has 0 aromatic carbocycles. The van der Waals surface area contributed by atoms with Gasteiger partial charge in [0.1, 0.15) is 0 Å². The van der Waals surface area contributed by atoms with Crippen molar-refractivity contribution in [1.29, 1.82) is 0 Å². The maximum absolute atomic E-state index is 11.7. The van der Waals surface area contributed by atoms with Crippen molar-refractivity contribution >= 4 is 5.97 Å². The van der Waals surface area contributed by atoms with Gasteiger partial charge in [-0.15, -0.1) is 6.58 Å². The van der Waals surface area contributed by atoms with Crippen LogP contribution in [0.3, 0.4) is 0 Å². The zero-order valence-corrected chi connectivity index (χ0v) is 10.5. The Balaban J connectivity index is 2.79. The molecule has 0 aliphatic heterocycles. The van der Waals surface area contributed by atoms with Crippen LogP contribution < -0.4 is 0 Å². The molecule has 0 heterocycles. The molecule has 0 bridgehead atoms. The molecule has 0 saturated heterocycles. The van der Waals surface area contributed by atoms with Crippen LogP contribution in [0.15, 0.2) is 12.7 Å². The first-order chi connectivity index (χ1) is 6.79. The molecular weight excluding hydrogens is 188 g/mol. The molecule has 2 atom stereocenters. The Labute approximate surface area is 92.7 Å². The number of rotatable bonds is 4. The summed E-state index contributed by atoms with van der Waals surface area (Å²) in [5.74, 6) is 0.328. The van der Waals surface area contributed by atoms with Gasteiger partial charge in [0.05, 0.1) is 12.5 Å². The van der Waals surface area contributed by atoms with E-state index in [9.17, 15) is 4.79 Å². The van der Waals surface area contributed by atoms with Gasteiger partial charge in [-0.1, -0.05) is 33.8 Å². The lowest BCUT2D eigenvalue weighted by atomic mass is 9.83. The smallest absolute Gasteiger partial charge is 0.309 e. The second kappa shape index (κ2) is 3.66. The van der Waals surface area contributed by atoms with Gasteiger partial charge in [-0.2, -0.15) is 0 Å². The van der Waals surface area contributed by atoms with Crippen molar-refractivity contribution in [2.24, 2.45) is 22.7 Å². The first-order valence-corrected chi connectivity index (χ1v) is 5.59. The lowest BCUT2D eigenvalue weighted by Gasteiger charge is -2.21. The van der Waals surface area contributed by atoms with Crippen LogP contribution in [-0.2, 0) is 9.53 Å². The maximum Gasteiger partial charge on any atom is 0.309 e. The number of hydrogen-bond acceptors (Lipinski definition) is 2. The highest BCUT2D eigenvalue weighted by atomic mass is 16.5. The van der Waals surface area contributed by atoms with Crippen molar-refractivity contribution in [3.05, 3.63) is 12.7 Å². The molecule has 15 heavy (non-hydrogen) atoms. The highest BCUT2D eigenvalue weighted by Gasteiger charge is 2.66. The minimum atomic E-state index is -0.0533. The van der Waals surface area contributed by atoms with E-state index in [2.05, 4.69) is 34.3 Å². The normalized spacial score (nSPS) is 28.3. The summed E-state index contributed by atoms with van der Waals surface area (Å²) in [5.41, 5.74) is 0.0465. The molecule has 2 heteroatoms. The molecule has 1 rings (SSSR count). The summed E-state index contributed by atoms with van der Waals surface area (Å²) in [6.07, 6.45) is 1.94. The number of allylic oxidation sites excluding steroid dienone is 1. The van der Waals surface area contributed by atoms with Crippen molar-refractivity contribution in [3.63, 3.8) is 0 Å². The van der Waals surface area contributed by atoms with Gasteiger partial charge in [0, 0.05) is 0 Å². The highest BCUT2D eigenvalue weighted by molar-refractivity contribution is 5.78. The number of hydrogen-bond donors (Lipinski definition) is 0. The summed E-state index contributed by atoms with van der Waals surface area (Å²) in [5, 5.41) is 0. The lowest BCUT2D eigenvalue weighted by Crippen LogP contribution is -2.16. The van der Waals surface area contributed by atoms with E-state index in [1.165, 1.54) is 0 Å². The van der Waals surface area contributed by atoms with Crippen LogP contribution in [0, 0.1) is 22.7 Å². The van der Waals surface area contributed by atoms with E-state index in [-0.39, 0.29) is 22.7 Å². The third-order valence-corrected chi connectivity index (χ3v) is 3.70. The van der Waals surface area contributed by atoms with Gasteiger partial charge in [0.25, 0.3) is 0 Å². The van der Waals surface area contributed by atoms with Gasteiger partial charge in [-0.25, -0.2) is 0 Å². The number of carbonyl (C=O) groups is 1. The molecule has 0 radical (unpaired) electrons. The number of carbonyl (C=O) groups excluding carboxylic acids is 1. The van der Waals surface area contributed by atoms with Crippen molar-refractivity contribution in [2.45, 2.75) is 34.6 Å². The first kappa shape index (κ1) is 12.3. The molecule has 1 aliphatic rings. The molecule has 0 spiro atoms. The van der Waals surface area contributed by atoms with Gasteiger partial charge in [0.2, 0.25) is 0 Å². The van der Waals surface area contributed by atoms with Gasteiger partial charge in [-0.3, -0.25) is 4.79 Å². The van der Waals surface area contributed by atoms with Crippen LogP contribution in [-0.4, -0.2) is 12.6 Å². The van der Waals surface area contributed by atoms with Gasteiger partial charge < -0.3 is 4.74 Å². The summed E-state index contributed by atoms with van der Waals surface area (Å²) < 4.78 is 5.10. The molecule has 2 nitrogen and oxygen atoms in total. The van der Waals surface area contributed by atoms with Crippen LogP contribution in [0.4, 0.5) is 0 Å². The topological polar surface area (TPSA) is 26.3 Å². The number of ether oxygens (including phenoxy) is 1. The van der Waals surface area contributed by atoms with Crippen LogP contribution in [0.2, 0.25) is 0 Å². The molecule has 1 saturated carbocycles. The largest absolute Gasteiger partial charge is 0.466 e. The Kier molecular flexibility index (Phi) is 2.99. The summed E-state index contributed by atoms with van der Waals surface area (Å²) >= 11 is 0. The van der Waals surface area contributed by atoms with Crippen molar-refractivity contribution in [2.75, 3.05) is 6.61 Å². The number of esters is 1. The third kappa shape index (κ3) is 1.95. The predicted octanol–water partition coefficient (Wildman–Crippen LogP) is 3.03. The van der Waals surface area contributed by atoms with Crippen molar-refractivity contribution in [1.82, 2.24) is 0 Å².